The van der Waals surface area contributed by atoms with Gasteiger partial charge in [0.25, 0.3) is 0 Å². The zero-order valence-electron chi connectivity index (χ0n) is 10.3. The predicted octanol–water partition coefficient (Wildman–Crippen LogP) is 1.11. The van der Waals surface area contributed by atoms with Crippen LogP contribution in [-0.4, -0.2) is 9.97 Å². The molecule has 0 aromatic carbocycles. The number of nitrogens with two attached hydrogens (primary N) is 2. The molecule has 0 spiro atoms. The molecule has 0 amide bonds. The first-order chi connectivity index (χ1) is 8.70. The summed E-state index contributed by atoms with van der Waals surface area (Å²) in [5.74, 6) is 6.17. The van der Waals surface area contributed by atoms with E-state index in [1.807, 2.05) is 31.3 Å². The minimum atomic E-state index is 0.0369. The average molecular weight is 243 g/mol. The van der Waals surface area contributed by atoms with Crippen LogP contribution in [0.3, 0.4) is 0 Å². The lowest BCUT2D eigenvalue weighted by atomic mass is 9.98. The van der Waals surface area contributed by atoms with E-state index < -0.39 is 0 Å². The maximum absolute atomic E-state index is 5.67. The van der Waals surface area contributed by atoms with Crippen LogP contribution in [0.4, 0.5) is 5.82 Å². The van der Waals surface area contributed by atoms with Crippen LogP contribution in [0.15, 0.2) is 36.8 Å². The van der Waals surface area contributed by atoms with Crippen molar-refractivity contribution in [2.75, 3.05) is 5.73 Å². The molecule has 5 nitrogen and oxygen atoms in total. The first-order valence-corrected chi connectivity index (χ1v) is 5.77. The first kappa shape index (κ1) is 12.5. The Morgan fingerprint density at radius 3 is 2.83 bits per heavy atom. The van der Waals surface area contributed by atoms with Crippen LogP contribution < -0.4 is 17.0 Å². The summed E-state index contributed by atoms with van der Waals surface area (Å²) in [6, 6.07) is 5.82. The zero-order chi connectivity index (χ0) is 13.0. The molecule has 0 radical (unpaired) electrons. The van der Waals surface area contributed by atoms with E-state index in [2.05, 4.69) is 15.4 Å². The highest BCUT2D eigenvalue weighted by atomic mass is 15.2. The molecule has 2 aromatic heterocycles. The number of nitrogens with zero attached hydrogens (tertiary/aromatic N) is 2. The molecule has 2 heterocycles. The second-order valence-corrected chi connectivity index (χ2v) is 4.24. The van der Waals surface area contributed by atoms with Gasteiger partial charge in [0, 0.05) is 18.6 Å². The maximum Gasteiger partial charge on any atom is 0.123 e. The quantitative estimate of drug-likeness (QED) is 0.553. The maximum atomic E-state index is 5.67. The van der Waals surface area contributed by atoms with Gasteiger partial charge < -0.3 is 5.73 Å². The molecule has 0 saturated carbocycles. The molecule has 0 aliphatic rings. The van der Waals surface area contributed by atoms with E-state index in [1.54, 1.807) is 12.4 Å². The van der Waals surface area contributed by atoms with Gasteiger partial charge in [-0.05, 0) is 48.2 Å². The van der Waals surface area contributed by atoms with Gasteiger partial charge in [0.15, 0.2) is 0 Å². The van der Waals surface area contributed by atoms with Gasteiger partial charge in [-0.1, -0.05) is 0 Å². The lowest BCUT2D eigenvalue weighted by Gasteiger charge is -2.18. The second kappa shape index (κ2) is 5.57. The standard InChI is InChI=1S/C13H17N5/c1-9-8-16-4-3-11(9)12(18-15)6-10-2-5-17-13(14)7-10/h2-5,7-8,12,18H,6,15H2,1H3,(H2,14,17). The smallest absolute Gasteiger partial charge is 0.123 e. The Balaban J connectivity index is 2.23. The van der Waals surface area contributed by atoms with Gasteiger partial charge in [0.2, 0.25) is 0 Å². The highest BCUT2D eigenvalue weighted by Gasteiger charge is 2.13. The molecule has 0 saturated heterocycles. The number of nitrogen functional groups attached to an aromatic ring is 1. The third-order valence-electron chi connectivity index (χ3n) is 2.93. The molecule has 5 heteroatoms. The topological polar surface area (TPSA) is 89.8 Å². The molecule has 2 rings (SSSR count). The number of pyridine rings is 2. The first-order valence-electron chi connectivity index (χ1n) is 5.77. The number of aromatic nitrogens is 2. The highest BCUT2D eigenvalue weighted by molar-refractivity contribution is 5.34. The summed E-state index contributed by atoms with van der Waals surface area (Å²) in [6.45, 7) is 2.02. The van der Waals surface area contributed by atoms with Gasteiger partial charge in [0.05, 0.1) is 6.04 Å². The Labute approximate surface area is 106 Å². The fourth-order valence-corrected chi connectivity index (χ4v) is 1.99. The molecule has 0 bridgehead atoms. The largest absolute Gasteiger partial charge is 0.384 e. The molecule has 2 aromatic rings. The Bertz CT molecular complexity index is 526. The number of hydrazine groups is 1. The molecule has 94 valence electrons. The summed E-state index contributed by atoms with van der Waals surface area (Å²) < 4.78 is 0. The Morgan fingerprint density at radius 1 is 1.33 bits per heavy atom. The van der Waals surface area contributed by atoms with Gasteiger partial charge in [-0.2, -0.15) is 0 Å². The van der Waals surface area contributed by atoms with E-state index in [0.717, 1.165) is 23.1 Å². The Morgan fingerprint density at radius 2 is 2.17 bits per heavy atom. The monoisotopic (exact) mass is 243 g/mol. The van der Waals surface area contributed by atoms with Crippen molar-refractivity contribution >= 4 is 5.82 Å². The molecular formula is C13H17N5. The van der Waals surface area contributed by atoms with Gasteiger partial charge in [-0.25, -0.2) is 4.98 Å². The van der Waals surface area contributed by atoms with Gasteiger partial charge in [-0.15, -0.1) is 0 Å². The van der Waals surface area contributed by atoms with Gasteiger partial charge in [-0.3, -0.25) is 16.3 Å². The number of aryl methyl sites for hydroxylation is 1. The number of hydrogen-bond donors (Lipinski definition) is 3. The Kier molecular flexibility index (Phi) is 3.86. The van der Waals surface area contributed by atoms with Crippen LogP contribution >= 0.6 is 0 Å². The predicted molar refractivity (Wildman–Crippen MR) is 71.4 cm³/mol. The van der Waals surface area contributed by atoms with E-state index >= 15 is 0 Å². The minimum Gasteiger partial charge on any atom is -0.384 e. The van der Waals surface area contributed by atoms with Crippen LogP contribution in [0.5, 0.6) is 0 Å². The molecule has 0 aliphatic heterocycles. The Hall–Kier alpha value is -1.98. The normalized spacial score (nSPS) is 12.3. The molecule has 1 atom stereocenters. The fourth-order valence-electron chi connectivity index (χ4n) is 1.99. The third kappa shape index (κ3) is 2.82. The summed E-state index contributed by atoms with van der Waals surface area (Å²) in [6.07, 6.45) is 6.07. The van der Waals surface area contributed by atoms with Crippen molar-refractivity contribution in [3.05, 3.63) is 53.5 Å². The zero-order valence-corrected chi connectivity index (χ0v) is 10.3. The lowest BCUT2D eigenvalue weighted by Crippen LogP contribution is -2.30. The molecule has 0 fully saturated rings. The summed E-state index contributed by atoms with van der Waals surface area (Å²) in [5, 5.41) is 0. The van der Waals surface area contributed by atoms with Crippen molar-refractivity contribution in [3.63, 3.8) is 0 Å². The third-order valence-corrected chi connectivity index (χ3v) is 2.93. The van der Waals surface area contributed by atoms with Gasteiger partial charge >= 0.3 is 0 Å². The summed E-state index contributed by atoms with van der Waals surface area (Å²) in [4.78, 5) is 8.06. The van der Waals surface area contributed by atoms with E-state index in [-0.39, 0.29) is 6.04 Å². The minimum absolute atomic E-state index is 0.0369. The van der Waals surface area contributed by atoms with Crippen molar-refractivity contribution < 1.29 is 0 Å². The highest BCUT2D eigenvalue weighted by Crippen LogP contribution is 2.20. The second-order valence-electron chi connectivity index (χ2n) is 4.24. The van der Waals surface area contributed by atoms with Crippen molar-refractivity contribution in [1.82, 2.24) is 15.4 Å². The molecule has 0 aliphatic carbocycles. The van der Waals surface area contributed by atoms with E-state index in [9.17, 15) is 0 Å². The van der Waals surface area contributed by atoms with Crippen LogP contribution in [0, 0.1) is 6.92 Å². The summed E-state index contributed by atoms with van der Waals surface area (Å²) >= 11 is 0. The number of nitrogens with one attached hydrogen (secondary N) is 1. The van der Waals surface area contributed by atoms with E-state index in [1.165, 1.54) is 0 Å². The molecule has 1 unspecified atom stereocenters. The molecule has 5 N–H and O–H groups in total. The fraction of sp³-hybridized carbons (Fsp3) is 0.231. The summed E-state index contributed by atoms with van der Waals surface area (Å²) in [7, 11) is 0. The molecular weight excluding hydrogens is 226 g/mol. The van der Waals surface area contributed by atoms with Gasteiger partial charge in [0.1, 0.15) is 5.82 Å². The van der Waals surface area contributed by atoms with E-state index in [4.69, 9.17) is 11.6 Å². The van der Waals surface area contributed by atoms with Crippen LogP contribution in [0.2, 0.25) is 0 Å². The van der Waals surface area contributed by atoms with Crippen LogP contribution in [-0.2, 0) is 6.42 Å². The van der Waals surface area contributed by atoms with E-state index in [0.29, 0.717) is 5.82 Å². The van der Waals surface area contributed by atoms with Crippen molar-refractivity contribution in [2.24, 2.45) is 5.84 Å². The number of hydrogen-bond acceptors (Lipinski definition) is 5. The lowest BCUT2D eigenvalue weighted by molar-refractivity contribution is 0.548. The van der Waals surface area contributed by atoms with Crippen LogP contribution in [0.1, 0.15) is 22.7 Å². The number of rotatable bonds is 4. The van der Waals surface area contributed by atoms with Crippen molar-refractivity contribution in [1.29, 1.82) is 0 Å². The number of anilines is 1. The molecule has 18 heavy (non-hydrogen) atoms. The van der Waals surface area contributed by atoms with Crippen LogP contribution in [0.25, 0.3) is 0 Å². The average Bonchev–Trinajstić information content (AvgIpc) is 2.37. The van der Waals surface area contributed by atoms with Crippen molar-refractivity contribution in [2.45, 2.75) is 19.4 Å². The summed E-state index contributed by atoms with van der Waals surface area (Å²) in [5.41, 5.74) is 11.9. The SMILES string of the molecule is Cc1cnccc1C(Cc1ccnc(N)c1)NN. The van der Waals surface area contributed by atoms with Crippen molar-refractivity contribution in [3.8, 4) is 0 Å².